The SMILES string of the molecule is CCN(CC(=O)NCCS(C)(=O)=O)c1ccccc1. The maximum atomic E-state index is 11.7. The molecule has 19 heavy (non-hydrogen) atoms. The highest BCUT2D eigenvalue weighted by Gasteiger charge is 2.10. The van der Waals surface area contributed by atoms with Crippen molar-refractivity contribution in [2.75, 3.05) is 36.5 Å². The highest BCUT2D eigenvalue weighted by atomic mass is 32.2. The molecule has 1 aromatic rings. The van der Waals surface area contributed by atoms with Crippen molar-refractivity contribution in [3.63, 3.8) is 0 Å². The maximum absolute atomic E-state index is 11.7. The molecular weight excluding hydrogens is 264 g/mol. The molecule has 0 atom stereocenters. The number of benzene rings is 1. The van der Waals surface area contributed by atoms with Crippen molar-refractivity contribution in [2.45, 2.75) is 6.92 Å². The van der Waals surface area contributed by atoms with Gasteiger partial charge in [-0.15, -0.1) is 0 Å². The average Bonchev–Trinajstić information content (AvgIpc) is 2.35. The molecule has 1 aromatic carbocycles. The lowest BCUT2D eigenvalue weighted by atomic mass is 10.3. The summed E-state index contributed by atoms with van der Waals surface area (Å²) >= 11 is 0. The Kier molecular flexibility index (Phi) is 5.82. The third kappa shape index (κ3) is 6.24. The topological polar surface area (TPSA) is 66.5 Å². The minimum Gasteiger partial charge on any atom is -0.363 e. The lowest BCUT2D eigenvalue weighted by molar-refractivity contribution is -0.119. The number of para-hydroxylation sites is 1. The second-order valence-corrected chi connectivity index (χ2v) is 6.59. The molecule has 0 aliphatic heterocycles. The Bertz CT molecular complexity index is 500. The van der Waals surface area contributed by atoms with Crippen LogP contribution in [0.1, 0.15) is 6.92 Å². The van der Waals surface area contributed by atoms with Crippen LogP contribution in [-0.2, 0) is 14.6 Å². The second-order valence-electron chi connectivity index (χ2n) is 4.33. The molecule has 0 radical (unpaired) electrons. The Morgan fingerprint density at radius 2 is 1.89 bits per heavy atom. The van der Waals surface area contributed by atoms with Crippen LogP contribution in [0.15, 0.2) is 30.3 Å². The molecule has 0 aromatic heterocycles. The van der Waals surface area contributed by atoms with Gasteiger partial charge in [0, 0.05) is 25.0 Å². The fourth-order valence-corrected chi connectivity index (χ4v) is 2.10. The summed E-state index contributed by atoms with van der Waals surface area (Å²) in [6.45, 7) is 3.06. The van der Waals surface area contributed by atoms with Crippen molar-refractivity contribution in [1.82, 2.24) is 5.32 Å². The molecule has 0 saturated carbocycles. The monoisotopic (exact) mass is 284 g/mol. The quantitative estimate of drug-likeness (QED) is 0.799. The lowest BCUT2D eigenvalue weighted by Crippen LogP contribution is -2.38. The number of amides is 1. The number of likely N-dealkylation sites (N-methyl/N-ethyl adjacent to an activating group) is 1. The van der Waals surface area contributed by atoms with E-state index in [0.717, 1.165) is 11.9 Å². The first-order valence-electron chi connectivity index (χ1n) is 6.17. The van der Waals surface area contributed by atoms with Crippen LogP contribution in [0.2, 0.25) is 0 Å². The zero-order valence-corrected chi connectivity index (χ0v) is 12.1. The van der Waals surface area contributed by atoms with Crippen LogP contribution in [0.5, 0.6) is 0 Å². The van der Waals surface area contributed by atoms with Crippen molar-refractivity contribution in [1.29, 1.82) is 0 Å². The normalized spacial score (nSPS) is 11.1. The molecule has 1 amide bonds. The van der Waals surface area contributed by atoms with E-state index in [-0.39, 0.29) is 24.7 Å². The fourth-order valence-electron chi connectivity index (χ4n) is 1.63. The van der Waals surface area contributed by atoms with E-state index in [9.17, 15) is 13.2 Å². The molecular formula is C13H20N2O3S. The molecule has 5 nitrogen and oxygen atoms in total. The molecule has 0 saturated heterocycles. The Balaban J connectivity index is 2.46. The molecule has 0 aliphatic carbocycles. The Labute approximate surface area is 114 Å². The first kappa shape index (κ1) is 15.5. The molecule has 106 valence electrons. The number of rotatable bonds is 7. The molecule has 1 N–H and O–H groups in total. The van der Waals surface area contributed by atoms with E-state index in [1.54, 1.807) is 0 Å². The van der Waals surface area contributed by atoms with Gasteiger partial charge in [0.15, 0.2) is 0 Å². The van der Waals surface area contributed by atoms with Crippen molar-refractivity contribution in [2.24, 2.45) is 0 Å². The number of sulfone groups is 1. The summed E-state index contributed by atoms with van der Waals surface area (Å²) in [4.78, 5) is 13.7. The van der Waals surface area contributed by atoms with Crippen LogP contribution in [0.3, 0.4) is 0 Å². The minimum absolute atomic E-state index is 0.0315. The van der Waals surface area contributed by atoms with Gasteiger partial charge in [-0.1, -0.05) is 18.2 Å². The van der Waals surface area contributed by atoms with Crippen LogP contribution in [0.4, 0.5) is 5.69 Å². The van der Waals surface area contributed by atoms with Gasteiger partial charge in [-0.3, -0.25) is 4.79 Å². The Hall–Kier alpha value is -1.56. The first-order chi connectivity index (χ1) is 8.92. The molecule has 0 unspecified atom stereocenters. The van der Waals surface area contributed by atoms with E-state index in [1.807, 2.05) is 42.2 Å². The molecule has 0 spiro atoms. The van der Waals surface area contributed by atoms with Gasteiger partial charge in [0.25, 0.3) is 0 Å². The lowest BCUT2D eigenvalue weighted by Gasteiger charge is -2.22. The highest BCUT2D eigenvalue weighted by Crippen LogP contribution is 2.11. The van der Waals surface area contributed by atoms with E-state index in [2.05, 4.69) is 5.32 Å². The maximum Gasteiger partial charge on any atom is 0.239 e. The predicted octanol–water partition coefficient (Wildman–Crippen LogP) is 0.674. The Morgan fingerprint density at radius 1 is 1.26 bits per heavy atom. The molecule has 0 bridgehead atoms. The van der Waals surface area contributed by atoms with Gasteiger partial charge >= 0.3 is 0 Å². The smallest absolute Gasteiger partial charge is 0.239 e. The fraction of sp³-hybridized carbons (Fsp3) is 0.462. The van der Waals surface area contributed by atoms with Gasteiger partial charge < -0.3 is 10.2 Å². The van der Waals surface area contributed by atoms with Crippen LogP contribution in [0.25, 0.3) is 0 Å². The van der Waals surface area contributed by atoms with Gasteiger partial charge in [-0.25, -0.2) is 8.42 Å². The predicted molar refractivity (Wildman–Crippen MR) is 77.0 cm³/mol. The molecule has 0 heterocycles. The summed E-state index contributed by atoms with van der Waals surface area (Å²) in [6.07, 6.45) is 1.15. The van der Waals surface area contributed by atoms with Gasteiger partial charge in [-0.05, 0) is 19.1 Å². The summed E-state index contributed by atoms with van der Waals surface area (Å²) < 4.78 is 21.9. The molecule has 6 heteroatoms. The van der Waals surface area contributed by atoms with Crippen molar-refractivity contribution >= 4 is 21.4 Å². The number of anilines is 1. The minimum atomic E-state index is -3.03. The van der Waals surface area contributed by atoms with Crippen LogP contribution < -0.4 is 10.2 Å². The third-order valence-electron chi connectivity index (χ3n) is 2.63. The standard InChI is InChI=1S/C13H20N2O3S/c1-3-15(12-7-5-4-6-8-12)11-13(16)14-9-10-19(2,17)18/h4-8H,3,9-11H2,1-2H3,(H,14,16). The van der Waals surface area contributed by atoms with Crippen molar-refractivity contribution < 1.29 is 13.2 Å². The van der Waals surface area contributed by atoms with E-state index in [0.29, 0.717) is 6.54 Å². The van der Waals surface area contributed by atoms with Crippen LogP contribution >= 0.6 is 0 Å². The zero-order valence-electron chi connectivity index (χ0n) is 11.3. The number of carbonyl (C=O) groups excluding carboxylic acids is 1. The number of carbonyl (C=O) groups is 1. The number of nitrogens with one attached hydrogen (secondary N) is 1. The van der Waals surface area contributed by atoms with E-state index >= 15 is 0 Å². The largest absolute Gasteiger partial charge is 0.363 e. The molecule has 0 fully saturated rings. The zero-order chi connectivity index (χ0) is 14.3. The van der Waals surface area contributed by atoms with E-state index < -0.39 is 9.84 Å². The highest BCUT2D eigenvalue weighted by molar-refractivity contribution is 7.90. The number of nitrogens with zero attached hydrogens (tertiary/aromatic N) is 1. The van der Waals surface area contributed by atoms with Crippen LogP contribution in [0, 0.1) is 0 Å². The van der Waals surface area contributed by atoms with Gasteiger partial charge in [-0.2, -0.15) is 0 Å². The molecule has 1 rings (SSSR count). The summed E-state index contributed by atoms with van der Waals surface area (Å²) in [7, 11) is -3.03. The van der Waals surface area contributed by atoms with E-state index in [1.165, 1.54) is 0 Å². The average molecular weight is 284 g/mol. The molecule has 0 aliphatic rings. The van der Waals surface area contributed by atoms with Crippen molar-refractivity contribution in [3.8, 4) is 0 Å². The van der Waals surface area contributed by atoms with Crippen molar-refractivity contribution in [3.05, 3.63) is 30.3 Å². The second kappa shape index (κ2) is 7.13. The van der Waals surface area contributed by atoms with Gasteiger partial charge in [0.2, 0.25) is 5.91 Å². The summed E-state index contributed by atoms with van der Waals surface area (Å²) in [5.74, 6) is -0.203. The summed E-state index contributed by atoms with van der Waals surface area (Å²) in [5, 5.41) is 2.61. The van der Waals surface area contributed by atoms with Gasteiger partial charge in [0.1, 0.15) is 9.84 Å². The summed E-state index contributed by atoms with van der Waals surface area (Å²) in [6, 6.07) is 9.63. The van der Waals surface area contributed by atoms with Crippen LogP contribution in [-0.4, -0.2) is 46.0 Å². The third-order valence-corrected chi connectivity index (χ3v) is 3.58. The summed E-state index contributed by atoms with van der Waals surface area (Å²) in [5.41, 5.74) is 0.975. The number of hydrogen-bond acceptors (Lipinski definition) is 4. The number of hydrogen-bond donors (Lipinski definition) is 1. The Morgan fingerprint density at radius 3 is 2.42 bits per heavy atom. The van der Waals surface area contributed by atoms with Gasteiger partial charge in [0.05, 0.1) is 12.3 Å². The first-order valence-corrected chi connectivity index (χ1v) is 8.23. The van der Waals surface area contributed by atoms with E-state index in [4.69, 9.17) is 0 Å².